The van der Waals surface area contributed by atoms with E-state index in [-0.39, 0.29) is 11.9 Å². The smallest absolute Gasteiger partial charge is 0.243 e. The molecule has 6 heteroatoms. The van der Waals surface area contributed by atoms with Crippen LogP contribution < -0.4 is 5.32 Å². The minimum atomic E-state index is -3.46. The van der Waals surface area contributed by atoms with E-state index in [1.165, 1.54) is 6.92 Å². The number of aryl methyl sites for hydroxylation is 1. The summed E-state index contributed by atoms with van der Waals surface area (Å²) in [5, 5.41) is 2.75. The van der Waals surface area contributed by atoms with Crippen LogP contribution in [0, 0.1) is 6.92 Å². The molecule has 122 valence electrons. The van der Waals surface area contributed by atoms with Crippen molar-refractivity contribution in [2.24, 2.45) is 0 Å². The minimum Gasteiger partial charge on any atom is -0.356 e. The van der Waals surface area contributed by atoms with Crippen molar-refractivity contribution in [3.8, 4) is 0 Å². The fourth-order valence-electron chi connectivity index (χ4n) is 2.84. The number of carbonyl (C=O) groups is 1. The van der Waals surface area contributed by atoms with E-state index in [2.05, 4.69) is 5.32 Å². The number of amides is 1. The zero-order chi connectivity index (χ0) is 16.2. The first kappa shape index (κ1) is 17.0. The topological polar surface area (TPSA) is 66.5 Å². The molecule has 0 aliphatic carbocycles. The first-order valence-electron chi connectivity index (χ1n) is 7.74. The maximum atomic E-state index is 12.8. The Morgan fingerprint density at radius 3 is 2.59 bits per heavy atom. The predicted molar refractivity (Wildman–Crippen MR) is 86.0 cm³/mol. The van der Waals surface area contributed by atoms with Gasteiger partial charge < -0.3 is 5.32 Å². The van der Waals surface area contributed by atoms with E-state index in [1.807, 2.05) is 19.1 Å². The van der Waals surface area contributed by atoms with Gasteiger partial charge in [0, 0.05) is 26.1 Å². The van der Waals surface area contributed by atoms with Gasteiger partial charge in [-0.05, 0) is 38.3 Å². The molecule has 1 unspecified atom stereocenters. The Labute approximate surface area is 132 Å². The second kappa shape index (κ2) is 7.24. The summed E-state index contributed by atoms with van der Waals surface area (Å²) >= 11 is 0. The van der Waals surface area contributed by atoms with Crippen molar-refractivity contribution in [1.29, 1.82) is 0 Å². The zero-order valence-corrected chi connectivity index (χ0v) is 14.0. The van der Waals surface area contributed by atoms with E-state index in [9.17, 15) is 13.2 Å². The predicted octanol–water partition coefficient (Wildman–Crippen LogP) is 2.06. The van der Waals surface area contributed by atoms with Gasteiger partial charge in [-0.15, -0.1) is 0 Å². The Balaban J connectivity index is 2.15. The average molecular weight is 324 g/mol. The molecule has 0 bridgehead atoms. The Kier molecular flexibility index (Phi) is 5.58. The molecule has 1 saturated heterocycles. The number of sulfonamides is 1. The zero-order valence-electron chi connectivity index (χ0n) is 13.2. The molecule has 2 rings (SSSR count). The van der Waals surface area contributed by atoms with Crippen molar-refractivity contribution in [2.45, 2.75) is 50.5 Å². The Hall–Kier alpha value is -1.40. The van der Waals surface area contributed by atoms with Crippen LogP contribution in [-0.4, -0.2) is 37.8 Å². The number of hydrogen-bond donors (Lipinski definition) is 1. The Morgan fingerprint density at radius 2 is 1.95 bits per heavy atom. The number of carbonyl (C=O) groups excluding carboxylic acids is 1. The molecule has 0 aromatic heterocycles. The standard InChI is InChI=1S/C16H24N2O3S/c1-13-6-8-16(9-7-13)22(20,21)18-12-4-3-5-15(18)10-11-17-14(2)19/h6-9,15H,3-5,10-12H2,1-2H3,(H,17,19). The number of piperidine rings is 1. The Bertz CT molecular complexity index is 611. The highest BCUT2D eigenvalue weighted by Crippen LogP contribution is 2.27. The van der Waals surface area contributed by atoms with Crippen molar-refractivity contribution in [2.75, 3.05) is 13.1 Å². The third-order valence-electron chi connectivity index (χ3n) is 4.05. The normalized spacial score (nSPS) is 19.8. The fraction of sp³-hybridized carbons (Fsp3) is 0.562. The summed E-state index contributed by atoms with van der Waals surface area (Å²) in [7, 11) is -3.46. The molecule has 1 amide bonds. The van der Waals surface area contributed by atoms with Gasteiger partial charge in [0.1, 0.15) is 0 Å². The number of nitrogens with zero attached hydrogens (tertiary/aromatic N) is 1. The monoisotopic (exact) mass is 324 g/mol. The number of nitrogens with one attached hydrogen (secondary N) is 1. The molecule has 1 fully saturated rings. The third-order valence-corrected chi connectivity index (χ3v) is 6.02. The lowest BCUT2D eigenvalue weighted by atomic mass is 10.0. The summed E-state index contributed by atoms with van der Waals surface area (Å²) in [6, 6.07) is 6.95. The SMILES string of the molecule is CC(=O)NCCC1CCCCN1S(=O)(=O)c1ccc(C)cc1. The number of benzene rings is 1. The quantitative estimate of drug-likeness (QED) is 0.901. The first-order valence-corrected chi connectivity index (χ1v) is 9.18. The van der Waals surface area contributed by atoms with E-state index in [0.717, 1.165) is 24.8 Å². The average Bonchev–Trinajstić information content (AvgIpc) is 2.48. The lowest BCUT2D eigenvalue weighted by Gasteiger charge is -2.34. The molecular formula is C16H24N2O3S. The van der Waals surface area contributed by atoms with Crippen molar-refractivity contribution < 1.29 is 13.2 Å². The summed E-state index contributed by atoms with van der Waals surface area (Å²) in [5.41, 5.74) is 1.04. The molecule has 0 radical (unpaired) electrons. The summed E-state index contributed by atoms with van der Waals surface area (Å²) in [6.45, 7) is 4.48. The van der Waals surface area contributed by atoms with E-state index < -0.39 is 10.0 Å². The molecule has 1 atom stereocenters. The van der Waals surface area contributed by atoms with Crippen LogP contribution in [0.25, 0.3) is 0 Å². The van der Waals surface area contributed by atoms with Crippen molar-refractivity contribution in [3.05, 3.63) is 29.8 Å². The van der Waals surface area contributed by atoms with Crippen LogP contribution in [-0.2, 0) is 14.8 Å². The van der Waals surface area contributed by atoms with Crippen LogP contribution >= 0.6 is 0 Å². The highest BCUT2D eigenvalue weighted by molar-refractivity contribution is 7.89. The van der Waals surface area contributed by atoms with Gasteiger partial charge in [0.25, 0.3) is 0 Å². The molecule has 5 nitrogen and oxygen atoms in total. The van der Waals surface area contributed by atoms with E-state index >= 15 is 0 Å². The number of hydrogen-bond acceptors (Lipinski definition) is 3. The Morgan fingerprint density at radius 1 is 1.27 bits per heavy atom. The summed E-state index contributed by atoms with van der Waals surface area (Å²) < 4.78 is 27.3. The van der Waals surface area contributed by atoms with Crippen molar-refractivity contribution in [1.82, 2.24) is 9.62 Å². The molecule has 1 aromatic carbocycles. The molecule has 0 spiro atoms. The molecule has 1 aromatic rings. The molecule has 1 aliphatic heterocycles. The molecule has 22 heavy (non-hydrogen) atoms. The largest absolute Gasteiger partial charge is 0.356 e. The molecular weight excluding hydrogens is 300 g/mol. The van der Waals surface area contributed by atoms with E-state index in [1.54, 1.807) is 16.4 Å². The maximum Gasteiger partial charge on any atom is 0.243 e. The minimum absolute atomic E-state index is 0.0353. The van der Waals surface area contributed by atoms with Crippen LogP contribution in [0.4, 0.5) is 0 Å². The van der Waals surface area contributed by atoms with Gasteiger partial charge >= 0.3 is 0 Å². The van der Waals surface area contributed by atoms with Gasteiger partial charge in [0.05, 0.1) is 4.90 Å². The van der Waals surface area contributed by atoms with Crippen LogP contribution in [0.5, 0.6) is 0 Å². The van der Waals surface area contributed by atoms with Crippen molar-refractivity contribution in [3.63, 3.8) is 0 Å². The number of rotatable bonds is 5. The van der Waals surface area contributed by atoms with Gasteiger partial charge in [-0.2, -0.15) is 4.31 Å². The third kappa shape index (κ3) is 4.08. The van der Waals surface area contributed by atoms with Crippen LogP contribution in [0.3, 0.4) is 0 Å². The van der Waals surface area contributed by atoms with Gasteiger partial charge in [-0.1, -0.05) is 24.1 Å². The van der Waals surface area contributed by atoms with Crippen molar-refractivity contribution >= 4 is 15.9 Å². The van der Waals surface area contributed by atoms with E-state index in [0.29, 0.717) is 24.4 Å². The summed E-state index contributed by atoms with van der Waals surface area (Å²) in [5.74, 6) is -0.0799. The lowest BCUT2D eigenvalue weighted by molar-refractivity contribution is -0.119. The second-order valence-electron chi connectivity index (χ2n) is 5.85. The molecule has 0 saturated carbocycles. The summed E-state index contributed by atoms with van der Waals surface area (Å²) in [4.78, 5) is 11.3. The van der Waals surface area contributed by atoms with Gasteiger partial charge in [-0.25, -0.2) is 8.42 Å². The van der Waals surface area contributed by atoms with E-state index in [4.69, 9.17) is 0 Å². The highest BCUT2D eigenvalue weighted by atomic mass is 32.2. The second-order valence-corrected chi connectivity index (χ2v) is 7.74. The summed E-state index contributed by atoms with van der Waals surface area (Å²) in [6.07, 6.45) is 3.43. The van der Waals surface area contributed by atoms with Crippen LogP contribution in [0.1, 0.15) is 38.2 Å². The highest BCUT2D eigenvalue weighted by Gasteiger charge is 2.33. The van der Waals surface area contributed by atoms with Gasteiger partial charge in [0.2, 0.25) is 15.9 Å². The molecule has 1 aliphatic rings. The lowest BCUT2D eigenvalue weighted by Crippen LogP contribution is -2.45. The molecule has 1 heterocycles. The van der Waals surface area contributed by atoms with Crippen LogP contribution in [0.15, 0.2) is 29.2 Å². The maximum absolute atomic E-state index is 12.8. The fourth-order valence-corrected chi connectivity index (χ4v) is 4.56. The van der Waals surface area contributed by atoms with Gasteiger partial charge in [-0.3, -0.25) is 4.79 Å². The van der Waals surface area contributed by atoms with Gasteiger partial charge in [0.15, 0.2) is 0 Å². The van der Waals surface area contributed by atoms with Crippen LogP contribution in [0.2, 0.25) is 0 Å². The first-order chi connectivity index (χ1) is 10.4. The molecule has 1 N–H and O–H groups in total.